The first-order valence-corrected chi connectivity index (χ1v) is 14.7. The molecule has 0 spiro atoms. The Labute approximate surface area is 225 Å². The Morgan fingerprint density at radius 3 is 1.03 bits per heavy atom. The monoisotopic (exact) mass is 600 g/mol. The molecule has 0 radical (unpaired) electrons. The van der Waals surface area contributed by atoms with Crippen molar-refractivity contribution in [2.24, 2.45) is 0 Å². The van der Waals surface area contributed by atoms with Crippen molar-refractivity contribution in [3.05, 3.63) is 0 Å². The molecular weight excluding hydrogens is 566 g/mol. The first-order chi connectivity index (χ1) is 14.0. The molecule has 0 atom stereocenters. The van der Waals surface area contributed by atoms with E-state index in [4.69, 9.17) is 76.2 Å². The zero-order valence-corrected chi connectivity index (χ0v) is 28.2. The van der Waals surface area contributed by atoms with Gasteiger partial charge in [0.1, 0.15) is 0 Å². The van der Waals surface area contributed by atoms with Gasteiger partial charge >= 0.3 is 37.1 Å². The molecule has 0 saturated heterocycles. The van der Waals surface area contributed by atoms with Crippen LogP contribution in [0, 0.1) is 0 Å². The molecule has 0 aliphatic heterocycles. The summed E-state index contributed by atoms with van der Waals surface area (Å²) in [4.78, 5) is 3.70. The molecule has 0 heterocycles. The fourth-order valence-corrected chi connectivity index (χ4v) is 6.13. The van der Waals surface area contributed by atoms with Gasteiger partial charge in [-0.1, -0.05) is 8.64 Å². The van der Waals surface area contributed by atoms with Crippen LogP contribution in [0.4, 0.5) is 0 Å². The Morgan fingerprint density at radius 2 is 0.871 bits per heavy atom. The molecule has 0 fully saturated rings. The second-order valence-corrected chi connectivity index (χ2v) is 14.4. The van der Waals surface area contributed by atoms with Gasteiger partial charge in [0.25, 0.3) is 0 Å². The zero-order chi connectivity index (χ0) is 23.8. The molecular formula is C16H36N2O6S4Si2Zn. The molecule has 180 valence electrons. The minimum Gasteiger partial charge on any atom is -0.411 e. The molecule has 0 aromatic rings. The van der Waals surface area contributed by atoms with Crippen LogP contribution in [0.2, 0.25) is 12.1 Å². The molecule has 8 nitrogen and oxygen atoms in total. The molecule has 15 heteroatoms. The third kappa shape index (κ3) is 15.5. The van der Waals surface area contributed by atoms with Crippen molar-refractivity contribution in [1.82, 2.24) is 9.80 Å². The van der Waals surface area contributed by atoms with Crippen LogP contribution in [0.5, 0.6) is 0 Å². The van der Waals surface area contributed by atoms with E-state index in [1.807, 2.05) is 23.9 Å². The summed E-state index contributed by atoms with van der Waals surface area (Å²) in [7, 11) is 8.58. The summed E-state index contributed by atoms with van der Waals surface area (Å²) in [6.07, 6.45) is 1.77. The maximum Gasteiger partial charge on any atom is 2.00 e. The fourth-order valence-electron chi connectivity index (χ4n) is 2.36. The van der Waals surface area contributed by atoms with Gasteiger partial charge < -0.3 is 86.0 Å². The number of thiocarbonyl (C=S) groups is 2. The molecule has 0 N–H and O–H groups in total. The van der Waals surface area contributed by atoms with E-state index >= 15 is 0 Å². The molecule has 0 aliphatic rings. The predicted octanol–water partition coefficient (Wildman–Crippen LogP) is 2.03. The molecule has 0 aromatic carbocycles. The van der Waals surface area contributed by atoms with Gasteiger partial charge in [-0.3, -0.25) is 0 Å². The molecule has 0 aromatic heterocycles. The van der Waals surface area contributed by atoms with E-state index in [1.54, 1.807) is 42.7 Å². The van der Waals surface area contributed by atoms with Gasteiger partial charge in [-0.2, -0.15) is 0 Å². The zero-order valence-electron chi connectivity index (χ0n) is 19.9. The second kappa shape index (κ2) is 20.4. The largest absolute Gasteiger partial charge is 2.00 e. The fraction of sp³-hybridized carbons (Fsp3) is 0.875. The van der Waals surface area contributed by atoms with Crippen molar-refractivity contribution in [3.8, 4) is 0 Å². The van der Waals surface area contributed by atoms with E-state index in [0.29, 0.717) is 8.64 Å². The van der Waals surface area contributed by atoms with Crippen LogP contribution in [0.3, 0.4) is 0 Å². The number of rotatable bonds is 14. The standard InChI is InChI=1S/2C8H19NO3S2Si.Zn/c2*1-9(8(13)14)6-5-7-15(10-2,11-3)12-4;/h2*5-7H2,1-4H3,(H,13,14);/q;;+2/p-2. The van der Waals surface area contributed by atoms with E-state index in [0.717, 1.165) is 38.0 Å². The van der Waals surface area contributed by atoms with Crippen molar-refractivity contribution in [1.29, 1.82) is 0 Å². The van der Waals surface area contributed by atoms with Crippen molar-refractivity contribution >= 4 is 75.9 Å². The van der Waals surface area contributed by atoms with E-state index < -0.39 is 17.6 Å². The first-order valence-electron chi connectivity index (χ1n) is 9.17. The summed E-state index contributed by atoms with van der Waals surface area (Å²) in [5.41, 5.74) is 0. The molecule has 0 saturated carbocycles. The molecule has 0 bridgehead atoms. The summed E-state index contributed by atoms with van der Waals surface area (Å²) in [5, 5.41) is 0. The predicted molar refractivity (Wildman–Crippen MR) is 138 cm³/mol. The van der Waals surface area contributed by atoms with Gasteiger partial charge in [-0.15, -0.1) is 0 Å². The van der Waals surface area contributed by atoms with E-state index in [1.165, 1.54) is 0 Å². The number of hydrogen-bond acceptors (Lipinski definition) is 10. The smallest absolute Gasteiger partial charge is 0.411 e. The van der Waals surface area contributed by atoms with Gasteiger partial charge in [0.2, 0.25) is 0 Å². The van der Waals surface area contributed by atoms with E-state index in [9.17, 15) is 0 Å². The first kappa shape index (κ1) is 36.6. The average Bonchev–Trinajstić information content (AvgIpc) is 2.75. The number of nitrogens with zero attached hydrogens (tertiary/aromatic N) is 2. The van der Waals surface area contributed by atoms with Crippen LogP contribution in [-0.2, 0) is 71.3 Å². The summed E-state index contributed by atoms with van der Waals surface area (Å²) < 4.78 is 32.7. The Hall–Kier alpha value is 1.04. The quantitative estimate of drug-likeness (QED) is 0.166. The molecule has 31 heavy (non-hydrogen) atoms. The summed E-state index contributed by atoms with van der Waals surface area (Å²) in [5.74, 6) is 0. The van der Waals surface area contributed by atoms with Crippen molar-refractivity contribution < 1.29 is 46.0 Å². The normalized spacial score (nSPS) is 11.1. The number of hydrogen-bond donors (Lipinski definition) is 0. The molecule has 0 unspecified atom stereocenters. The summed E-state index contributed by atoms with van der Waals surface area (Å²) in [6.45, 7) is 1.60. The van der Waals surface area contributed by atoms with Crippen molar-refractivity contribution in [2.45, 2.75) is 24.9 Å². The minimum absolute atomic E-state index is 0. The van der Waals surface area contributed by atoms with E-state index in [2.05, 4.69) is 0 Å². The van der Waals surface area contributed by atoms with Gasteiger partial charge in [0, 0.05) is 81.9 Å². The van der Waals surface area contributed by atoms with Gasteiger partial charge in [-0.05, 0) is 12.8 Å². The Morgan fingerprint density at radius 1 is 0.645 bits per heavy atom. The Balaban J connectivity index is -0.000000490. The third-order valence-electron chi connectivity index (χ3n) is 4.44. The summed E-state index contributed by atoms with van der Waals surface area (Å²) in [6, 6.07) is 1.53. The van der Waals surface area contributed by atoms with Crippen LogP contribution in [0.25, 0.3) is 0 Å². The molecule has 0 rings (SSSR count). The Kier molecular flexibility index (Phi) is 24.1. The third-order valence-corrected chi connectivity index (χ3v) is 11.4. The van der Waals surface area contributed by atoms with Crippen LogP contribution < -0.4 is 0 Å². The SMILES string of the molecule is CO[Si](CCCN(C)C(=S)[S-])(OC)OC.CO[Si](CCCN(C)C(=S)[S-])(OC)OC.[Zn+2]. The Bertz CT molecular complexity index is 436. The van der Waals surface area contributed by atoms with Crippen LogP contribution in [0.15, 0.2) is 0 Å². The maximum atomic E-state index is 5.30. The maximum absolute atomic E-state index is 5.30. The van der Waals surface area contributed by atoms with Crippen molar-refractivity contribution in [2.75, 3.05) is 69.8 Å². The average molecular weight is 602 g/mol. The van der Waals surface area contributed by atoms with Crippen molar-refractivity contribution in [3.63, 3.8) is 0 Å². The van der Waals surface area contributed by atoms with Crippen LogP contribution in [0.1, 0.15) is 12.8 Å². The summed E-state index contributed by atoms with van der Waals surface area (Å²) >= 11 is 19.5. The second-order valence-electron chi connectivity index (χ2n) is 6.17. The van der Waals surface area contributed by atoms with Gasteiger partial charge in [-0.25, -0.2) is 0 Å². The van der Waals surface area contributed by atoms with Crippen LogP contribution in [-0.4, -0.2) is 106 Å². The molecule has 0 aliphatic carbocycles. The van der Waals surface area contributed by atoms with E-state index in [-0.39, 0.29) is 19.5 Å². The van der Waals surface area contributed by atoms with Crippen LogP contribution >= 0.6 is 24.4 Å². The van der Waals surface area contributed by atoms with Gasteiger partial charge in [0.15, 0.2) is 0 Å². The van der Waals surface area contributed by atoms with Gasteiger partial charge in [0.05, 0.1) is 0 Å². The minimum atomic E-state index is -2.42. The molecule has 0 amide bonds. The topological polar surface area (TPSA) is 61.9 Å².